The number of carbonyl (C=O) groups is 1. The summed E-state index contributed by atoms with van der Waals surface area (Å²) in [5.74, 6) is 0.379. The predicted octanol–water partition coefficient (Wildman–Crippen LogP) is 3.02. The zero-order chi connectivity index (χ0) is 18.7. The molecule has 0 aliphatic carbocycles. The molecule has 0 bridgehead atoms. The second-order valence-corrected chi connectivity index (χ2v) is 5.97. The first-order valence-corrected chi connectivity index (χ1v) is 9.07. The van der Waals surface area contributed by atoms with E-state index >= 15 is 0 Å². The van der Waals surface area contributed by atoms with Crippen molar-refractivity contribution in [1.29, 1.82) is 0 Å². The van der Waals surface area contributed by atoms with Gasteiger partial charge in [0.15, 0.2) is 0 Å². The maximum atomic E-state index is 11.4. The van der Waals surface area contributed by atoms with Crippen LogP contribution in [0.4, 0.5) is 5.69 Å². The molecule has 0 spiro atoms. The average Bonchev–Trinajstić information content (AvgIpc) is 2.58. The fraction of sp³-hybridized carbons (Fsp3) is 0.588. The maximum Gasteiger partial charge on any atom is 0.336 e. The number of anilines is 1. The Labute approximate surface area is 158 Å². The smallest absolute Gasteiger partial charge is 0.336 e. The highest BCUT2D eigenvalue weighted by Crippen LogP contribution is 2.34. The molecule has 0 atom stereocenters. The molecule has 142 valence electrons. The normalized spacial score (nSPS) is 10.7. The third-order valence-electron chi connectivity index (χ3n) is 3.57. The first kappa shape index (κ1) is 21.8. The molecule has 0 fully saturated rings. The van der Waals surface area contributed by atoms with Crippen LogP contribution in [-0.4, -0.2) is 69.5 Å². The van der Waals surface area contributed by atoms with Gasteiger partial charge in [0, 0.05) is 37.5 Å². The first-order chi connectivity index (χ1) is 12.1. The zero-order valence-corrected chi connectivity index (χ0v) is 16.1. The van der Waals surface area contributed by atoms with E-state index < -0.39 is 5.97 Å². The van der Waals surface area contributed by atoms with E-state index in [-0.39, 0.29) is 5.56 Å². The number of carboxylic acid groups (broad SMARTS) is 1. The number of methoxy groups -OCH3 is 1. The molecule has 0 aliphatic rings. The second-order valence-electron chi connectivity index (χ2n) is 5.21. The van der Waals surface area contributed by atoms with Crippen molar-refractivity contribution < 1.29 is 24.1 Å². The molecule has 1 aromatic carbocycles. The number of alkyl halides is 2. The van der Waals surface area contributed by atoms with Crippen LogP contribution in [0.2, 0.25) is 0 Å². The summed E-state index contributed by atoms with van der Waals surface area (Å²) in [6.07, 6.45) is 0. The van der Waals surface area contributed by atoms with Crippen LogP contribution in [0.25, 0.3) is 0 Å². The molecule has 8 heteroatoms. The maximum absolute atomic E-state index is 11.4. The third kappa shape index (κ3) is 6.90. The van der Waals surface area contributed by atoms with Crippen molar-refractivity contribution in [2.24, 2.45) is 0 Å². The number of hydrogen-bond donors (Lipinski definition) is 1. The van der Waals surface area contributed by atoms with E-state index in [0.717, 1.165) is 5.69 Å². The molecule has 0 aliphatic heterocycles. The van der Waals surface area contributed by atoms with Gasteiger partial charge in [-0.2, -0.15) is 0 Å². The van der Waals surface area contributed by atoms with Gasteiger partial charge in [-0.1, -0.05) is 0 Å². The lowest BCUT2D eigenvalue weighted by Gasteiger charge is -2.27. The summed E-state index contributed by atoms with van der Waals surface area (Å²) < 4.78 is 16.2. The van der Waals surface area contributed by atoms with Gasteiger partial charge in [-0.25, -0.2) is 4.79 Å². The quantitative estimate of drug-likeness (QED) is 0.410. The average molecular weight is 394 g/mol. The van der Waals surface area contributed by atoms with E-state index in [1.54, 1.807) is 26.2 Å². The number of halogens is 2. The monoisotopic (exact) mass is 393 g/mol. The van der Waals surface area contributed by atoms with E-state index in [2.05, 4.69) is 0 Å². The molecule has 1 rings (SSSR count). The van der Waals surface area contributed by atoms with Gasteiger partial charge >= 0.3 is 5.97 Å². The highest BCUT2D eigenvalue weighted by Gasteiger charge is 2.19. The molecule has 1 aromatic rings. The first-order valence-electron chi connectivity index (χ1n) is 8.00. The van der Waals surface area contributed by atoms with Gasteiger partial charge in [0.25, 0.3) is 0 Å². The minimum atomic E-state index is -0.994. The highest BCUT2D eigenvalue weighted by molar-refractivity contribution is 6.18. The lowest BCUT2D eigenvalue weighted by atomic mass is 10.1. The number of carboxylic acids is 1. The fourth-order valence-corrected chi connectivity index (χ4v) is 2.75. The summed E-state index contributed by atoms with van der Waals surface area (Å²) in [7, 11) is 1.61. The van der Waals surface area contributed by atoms with Gasteiger partial charge in [-0.15, -0.1) is 23.2 Å². The Balaban J connectivity index is 2.98. The van der Waals surface area contributed by atoms with Gasteiger partial charge in [0.05, 0.1) is 31.1 Å². The molecule has 0 saturated carbocycles. The van der Waals surface area contributed by atoms with Crippen molar-refractivity contribution in [1.82, 2.24) is 0 Å². The van der Waals surface area contributed by atoms with Crippen LogP contribution < -0.4 is 9.64 Å². The number of rotatable bonds is 13. The second kappa shape index (κ2) is 12.2. The molecule has 0 radical (unpaired) electrons. The Morgan fingerprint density at radius 2 is 1.76 bits per heavy atom. The van der Waals surface area contributed by atoms with Crippen molar-refractivity contribution >= 4 is 34.9 Å². The Hall–Kier alpha value is -1.21. The summed E-state index contributed by atoms with van der Waals surface area (Å²) >= 11 is 11.8. The van der Waals surface area contributed by atoms with Crippen LogP contribution in [0.1, 0.15) is 15.9 Å². The molecule has 0 saturated heterocycles. The Morgan fingerprint density at radius 1 is 1.12 bits per heavy atom. The molecule has 25 heavy (non-hydrogen) atoms. The van der Waals surface area contributed by atoms with Crippen LogP contribution in [0, 0.1) is 6.92 Å². The van der Waals surface area contributed by atoms with Crippen molar-refractivity contribution in [2.45, 2.75) is 6.92 Å². The van der Waals surface area contributed by atoms with E-state index in [1.165, 1.54) is 0 Å². The number of nitrogens with zero attached hydrogens (tertiary/aromatic N) is 1. The molecule has 0 amide bonds. The van der Waals surface area contributed by atoms with Crippen LogP contribution in [0.5, 0.6) is 5.75 Å². The van der Waals surface area contributed by atoms with Gasteiger partial charge in [0.2, 0.25) is 0 Å². The number of ether oxygens (including phenoxy) is 3. The molecule has 1 N–H and O–H groups in total. The Morgan fingerprint density at radius 3 is 2.32 bits per heavy atom. The van der Waals surface area contributed by atoms with Gasteiger partial charge < -0.3 is 24.2 Å². The van der Waals surface area contributed by atoms with Gasteiger partial charge in [-0.3, -0.25) is 0 Å². The lowest BCUT2D eigenvalue weighted by molar-refractivity contribution is 0.0543. The van der Waals surface area contributed by atoms with Crippen LogP contribution in [0.15, 0.2) is 12.1 Å². The van der Waals surface area contributed by atoms with Crippen molar-refractivity contribution in [3.8, 4) is 5.75 Å². The van der Waals surface area contributed by atoms with Crippen molar-refractivity contribution in [3.05, 3.63) is 23.3 Å². The predicted molar refractivity (Wildman–Crippen MR) is 100.0 cm³/mol. The summed E-state index contributed by atoms with van der Waals surface area (Å²) in [5, 5.41) is 9.35. The Kier molecular flexibility index (Phi) is 10.6. The minimum absolute atomic E-state index is 0.204. The van der Waals surface area contributed by atoms with Crippen LogP contribution in [0.3, 0.4) is 0 Å². The number of hydrogen-bond acceptors (Lipinski definition) is 5. The SMILES string of the molecule is COCCOCCOc1c(N(CCCl)CCCl)ccc(C(=O)O)c1C. The van der Waals surface area contributed by atoms with Crippen molar-refractivity contribution in [3.63, 3.8) is 0 Å². The largest absolute Gasteiger partial charge is 0.489 e. The zero-order valence-electron chi connectivity index (χ0n) is 14.6. The highest BCUT2D eigenvalue weighted by atomic mass is 35.5. The van der Waals surface area contributed by atoms with Crippen LogP contribution in [-0.2, 0) is 9.47 Å². The standard InChI is InChI=1S/C17H25Cl2NO5/c1-13-14(17(21)22)3-4-15(20(7-5-18)8-6-19)16(13)25-12-11-24-10-9-23-2/h3-4H,5-12H2,1-2H3,(H,21,22). The Bertz CT molecular complexity index is 536. The molecule has 0 heterocycles. The molecule has 6 nitrogen and oxygen atoms in total. The molecule has 0 aromatic heterocycles. The fourth-order valence-electron chi connectivity index (χ4n) is 2.34. The van der Waals surface area contributed by atoms with Crippen LogP contribution >= 0.6 is 23.2 Å². The number of benzene rings is 1. The van der Waals surface area contributed by atoms with E-state index in [0.29, 0.717) is 62.6 Å². The summed E-state index contributed by atoms with van der Waals surface area (Å²) in [4.78, 5) is 13.4. The number of aromatic carboxylic acids is 1. The van der Waals surface area contributed by atoms with Crippen molar-refractivity contribution in [2.75, 3.05) is 63.3 Å². The van der Waals surface area contributed by atoms with E-state index in [9.17, 15) is 9.90 Å². The molecular formula is C17H25Cl2NO5. The topological polar surface area (TPSA) is 68.2 Å². The van der Waals surface area contributed by atoms with E-state index in [1.807, 2.05) is 4.90 Å². The third-order valence-corrected chi connectivity index (χ3v) is 3.91. The summed E-state index contributed by atoms with van der Waals surface area (Å²) in [6.45, 7) is 4.57. The summed E-state index contributed by atoms with van der Waals surface area (Å²) in [5.41, 5.74) is 1.55. The van der Waals surface area contributed by atoms with E-state index in [4.69, 9.17) is 37.4 Å². The van der Waals surface area contributed by atoms with Gasteiger partial charge in [-0.05, 0) is 19.1 Å². The lowest BCUT2D eigenvalue weighted by Crippen LogP contribution is -2.28. The molecular weight excluding hydrogens is 369 g/mol. The minimum Gasteiger partial charge on any atom is -0.489 e. The van der Waals surface area contributed by atoms with Gasteiger partial charge in [0.1, 0.15) is 12.4 Å². The summed E-state index contributed by atoms with van der Waals surface area (Å²) in [6, 6.07) is 3.31. The molecule has 0 unspecified atom stereocenters.